The van der Waals surface area contributed by atoms with Crippen LogP contribution in [0.15, 0.2) is 30.3 Å². The average molecular weight is 454 g/mol. The molecule has 0 saturated carbocycles. The van der Waals surface area contributed by atoms with E-state index in [0.717, 1.165) is 24.0 Å². The Kier molecular flexibility index (Phi) is 7.00. The number of aryl methyl sites for hydroxylation is 1. The zero-order valence-corrected chi connectivity index (χ0v) is 19.2. The zero-order valence-electron chi connectivity index (χ0n) is 16.1. The van der Waals surface area contributed by atoms with E-state index in [-0.39, 0.29) is 11.9 Å². The van der Waals surface area contributed by atoms with Crippen molar-refractivity contribution in [1.29, 1.82) is 0 Å². The Balaban J connectivity index is 1.99. The third kappa shape index (κ3) is 4.35. The number of esters is 1. The second-order valence-electron chi connectivity index (χ2n) is 6.73. The number of carbonyl (C=O) groups excluding carboxylic acids is 2. The van der Waals surface area contributed by atoms with Gasteiger partial charge in [0.25, 0.3) is 5.91 Å². The molecule has 2 aromatic carbocycles. The fourth-order valence-corrected chi connectivity index (χ4v) is 4.29. The Morgan fingerprint density at radius 1 is 1.14 bits per heavy atom. The van der Waals surface area contributed by atoms with Crippen molar-refractivity contribution in [2.24, 2.45) is 0 Å². The van der Waals surface area contributed by atoms with Gasteiger partial charge in [0.1, 0.15) is 11.5 Å². The molecular weight excluding hydrogens is 432 g/mol. The van der Waals surface area contributed by atoms with Gasteiger partial charge in [-0.15, -0.1) is 0 Å². The molecule has 0 aliphatic carbocycles. The lowest BCUT2D eigenvalue weighted by molar-refractivity contribution is 0.0600. The highest BCUT2D eigenvalue weighted by molar-refractivity contribution is 7.10. The molecule has 1 heterocycles. The normalized spacial score (nSPS) is 15.9. The van der Waals surface area contributed by atoms with Crippen LogP contribution in [0, 0.1) is 6.92 Å². The molecule has 1 amide bonds. The van der Waals surface area contributed by atoms with Crippen LogP contribution in [-0.2, 0) is 4.74 Å². The molecule has 0 radical (unpaired) electrons. The van der Waals surface area contributed by atoms with Crippen molar-refractivity contribution in [2.45, 2.75) is 25.8 Å². The predicted molar refractivity (Wildman–Crippen MR) is 118 cm³/mol. The van der Waals surface area contributed by atoms with Gasteiger partial charge in [-0.2, -0.15) is 0 Å². The molecule has 154 valence electrons. The summed E-state index contributed by atoms with van der Waals surface area (Å²) >= 11 is 6.24. The molecule has 3 unspecified atom stereocenters. The topological polar surface area (TPSA) is 65.1 Å². The third-order valence-electron chi connectivity index (χ3n) is 5.09. The van der Waals surface area contributed by atoms with Gasteiger partial charge in [0.05, 0.1) is 48.2 Å². The molecular formula is C20H22ClNO5P2. The summed E-state index contributed by atoms with van der Waals surface area (Å²) in [4.78, 5) is 27.1. The van der Waals surface area contributed by atoms with Crippen molar-refractivity contribution in [1.82, 2.24) is 4.90 Å². The molecule has 9 heteroatoms. The monoisotopic (exact) mass is 453 g/mol. The minimum absolute atomic E-state index is 0.152. The molecule has 3 rings (SSSR count). The third-order valence-corrected chi connectivity index (χ3v) is 5.89. The van der Waals surface area contributed by atoms with Crippen LogP contribution in [0.4, 0.5) is 0 Å². The average Bonchev–Trinajstić information content (AvgIpc) is 3.22. The summed E-state index contributed by atoms with van der Waals surface area (Å²) in [6.07, 6.45) is 1.66. The van der Waals surface area contributed by atoms with Crippen molar-refractivity contribution < 1.29 is 23.4 Å². The number of hydrogen-bond donors (Lipinski definition) is 0. The van der Waals surface area contributed by atoms with Crippen LogP contribution in [0.5, 0.6) is 11.5 Å². The number of carbonyl (C=O) groups is 2. The number of halogens is 1. The molecule has 1 saturated heterocycles. The maximum Gasteiger partial charge on any atom is 0.337 e. The highest BCUT2D eigenvalue weighted by atomic mass is 35.5. The molecule has 0 spiro atoms. The number of methoxy groups -OCH3 is 1. The van der Waals surface area contributed by atoms with E-state index >= 15 is 0 Å². The number of ether oxygens (including phenoxy) is 1. The Labute approximate surface area is 179 Å². The molecule has 0 N–H and O–H groups in total. The van der Waals surface area contributed by atoms with Crippen LogP contribution < -0.4 is 9.05 Å². The van der Waals surface area contributed by atoms with Crippen LogP contribution in [0.2, 0.25) is 5.02 Å². The highest BCUT2D eigenvalue weighted by Crippen LogP contribution is 2.39. The molecule has 1 aliphatic rings. The number of benzene rings is 2. The molecule has 0 aromatic heterocycles. The number of hydrogen-bond acceptors (Lipinski definition) is 5. The second-order valence-corrected chi connectivity index (χ2v) is 7.61. The Morgan fingerprint density at radius 2 is 1.86 bits per heavy atom. The number of rotatable bonds is 5. The summed E-state index contributed by atoms with van der Waals surface area (Å²) in [6, 6.07) is 8.39. The number of amides is 1. The maximum absolute atomic E-state index is 13.4. The zero-order chi connectivity index (χ0) is 21.1. The van der Waals surface area contributed by atoms with Crippen LogP contribution in [0.3, 0.4) is 0 Å². The molecule has 0 bridgehead atoms. The Bertz CT molecular complexity index is 953. The van der Waals surface area contributed by atoms with E-state index in [0.29, 0.717) is 34.2 Å². The second kappa shape index (κ2) is 9.30. The quantitative estimate of drug-likeness (QED) is 0.483. The SMILES string of the molecule is COC(=O)c1ccc(C)c(C2CCCN2C(=O)c2cc(Cl)c(OP)cc2OP)c1. The summed E-state index contributed by atoms with van der Waals surface area (Å²) in [7, 11) is 5.61. The first kappa shape index (κ1) is 21.8. The van der Waals surface area contributed by atoms with Gasteiger partial charge in [-0.3, -0.25) is 4.79 Å². The van der Waals surface area contributed by atoms with E-state index in [4.69, 9.17) is 25.4 Å². The standard InChI is InChI=1S/C20H22ClNO5P2/c1-11-5-6-12(20(24)25-2)8-13(11)16-4-3-7-22(16)19(23)14-9-15(21)18(27-29)10-17(14)26-28/h5-6,8-10,16H,3-4,7,28-29H2,1-2H3. The lowest BCUT2D eigenvalue weighted by Crippen LogP contribution is -2.31. The van der Waals surface area contributed by atoms with Gasteiger partial charge in [-0.25, -0.2) is 4.79 Å². The minimum Gasteiger partial charge on any atom is -0.479 e. The largest absolute Gasteiger partial charge is 0.479 e. The van der Waals surface area contributed by atoms with E-state index in [1.165, 1.54) is 7.11 Å². The summed E-state index contributed by atoms with van der Waals surface area (Å²) in [5.74, 6) is 0.156. The van der Waals surface area contributed by atoms with E-state index in [1.807, 2.05) is 19.1 Å². The van der Waals surface area contributed by atoms with E-state index in [9.17, 15) is 9.59 Å². The van der Waals surface area contributed by atoms with E-state index in [1.54, 1.807) is 23.1 Å². The van der Waals surface area contributed by atoms with E-state index in [2.05, 4.69) is 18.9 Å². The summed E-state index contributed by atoms with van der Waals surface area (Å²) in [5.41, 5.74) is 2.76. The lowest BCUT2D eigenvalue weighted by atomic mass is 9.96. The highest BCUT2D eigenvalue weighted by Gasteiger charge is 2.33. The van der Waals surface area contributed by atoms with E-state index < -0.39 is 5.97 Å². The van der Waals surface area contributed by atoms with Crippen LogP contribution in [0.1, 0.15) is 50.7 Å². The lowest BCUT2D eigenvalue weighted by Gasteiger charge is -2.27. The van der Waals surface area contributed by atoms with Crippen molar-refractivity contribution >= 4 is 42.4 Å². The van der Waals surface area contributed by atoms with Gasteiger partial charge in [-0.05, 0) is 49.1 Å². The van der Waals surface area contributed by atoms with Gasteiger partial charge >= 0.3 is 5.97 Å². The van der Waals surface area contributed by atoms with Gasteiger partial charge in [0.2, 0.25) is 0 Å². The summed E-state index contributed by atoms with van der Waals surface area (Å²) in [5, 5.41) is 0.314. The first-order chi connectivity index (χ1) is 13.9. The Morgan fingerprint density at radius 3 is 2.52 bits per heavy atom. The van der Waals surface area contributed by atoms with Crippen molar-refractivity contribution in [3.05, 3.63) is 57.6 Å². The van der Waals surface area contributed by atoms with Gasteiger partial charge in [-0.1, -0.05) is 17.7 Å². The Hall–Kier alpha value is -1.87. The predicted octanol–water partition coefficient (Wildman–Crippen LogP) is 4.75. The molecule has 6 nitrogen and oxygen atoms in total. The molecule has 29 heavy (non-hydrogen) atoms. The molecule has 2 aromatic rings. The molecule has 1 fully saturated rings. The van der Waals surface area contributed by atoms with Gasteiger partial charge in [0.15, 0.2) is 0 Å². The first-order valence-electron chi connectivity index (χ1n) is 8.98. The molecule has 3 atom stereocenters. The van der Waals surface area contributed by atoms with Crippen LogP contribution >= 0.6 is 30.5 Å². The number of nitrogens with zero attached hydrogens (tertiary/aromatic N) is 1. The fourth-order valence-electron chi connectivity index (χ4n) is 3.62. The summed E-state index contributed by atoms with van der Waals surface area (Å²) in [6.45, 7) is 2.57. The number of likely N-dealkylation sites (tertiary alicyclic amines) is 1. The van der Waals surface area contributed by atoms with Crippen molar-refractivity contribution in [3.8, 4) is 11.5 Å². The van der Waals surface area contributed by atoms with Crippen molar-refractivity contribution in [2.75, 3.05) is 13.7 Å². The van der Waals surface area contributed by atoms with Crippen LogP contribution in [0.25, 0.3) is 0 Å². The molecule has 1 aliphatic heterocycles. The van der Waals surface area contributed by atoms with Gasteiger partial charge < -0.3 is 18.7 Å². The fraction of sp³-hybridized carbons (Fsp3) is 0.300. The first-order valence-corrected chi connectivity index (χ1v) is 10.3. The summed E-state index contributed by atoms with van der Waals surface area (Å²) < 4.78 is 15.3. The smallest absolute Gasteiger partial charge is 0.337 e. The minimum atomic E-state index is -0.402. The van der Waals surface area contributed by atoms with Gasteiger partial charge in [0, 0.05) is 12.6 Å². The maximum atomic E-state index is 13.4. The van der Waals surface area contributed by atoms with Crippen molar-refractivity contribution in [3.63, 3.8) is 0 Å². The van der Waals surface area contributed by atoms with Crippen LogP contribution in [-0.4, -0.2) is 30.4 Å².